The van der Waals surface area contributed by atoms with Crippen LogP contribution in [0.2, 0.25) is 0 Å². The molecule has 0 saturated heterocycles. The molecule has 0 unspecified atom stereocenters. The fourth-order valence-electron chi connectivity index (χ4n) is 2.42. The smallest absolute Gasteiger partial charge is 0.157 e. The number of rotatable bonds is 4. The molecule has 3 aromatic heterocycles. The molecule has 4 rings (SSSR count). The van der Waals surface area contributed by atoms with E-state index >= 15 is 0 Å². The van der Waals surface area contributed by atoms with Gasteiger partial charge in [0.05, 0.1) is 19.6 Å². The lowest BCUT2D eigenvalue weighted by Crippen LogP contribution is -1.97. The van der Waals surface area contributed by atoms with E-state index in [1.54, 1.807) is 25.8 Å². The Morgan fingerprint density at radius 2 is 2.04 bits per heavy atom. The summed E-state index contributed by atoms with van der Waals surface area (Å²) in [6, 6.07) is 11.4. The van der Waals surface area contributed by atoms with E-state index in [0.29, 0.717) is 5.76 Å². The van der Waals surface area contributed by atoms with E-state index in [1.165, 1.54) is 0 Å². The van der Waals surface area contributed by atoms with Crippen LogP contribution in [0.4, 0.5) is 11.5 Å². The molecule has 0 atom stereocenters. The zero-order valence-electron chi connectivity index (χ0n) is 12.4. The van der Waals surface area contributed by atoms with Crippen molar-refractivity contribution >= 4 is 17.2 Å². The zero-order chi connectivity index (χ0) is 15.6. The maximum atomic E-state index is 5.51. The van der Waals surface area contributed by atoms with Gasteiger partial charge in [-0.2, -0.15) is 0 Å². The van der Waals surface area contributed by atoms with Gasteiger partial charge in [0.1, 0.15) is 17.3 Å². The molecule has 114 valence electrons. The molecule has 3 heterocycles. The fraction of sp³-hybridized carbons (Fsp3) is 0.0588. The molecule has 0 saturated carbocycles. The van der Waals surface area contributed by atoms with Crippen LogP contribution < -0.4 is 10.1 Å². The van der Waals surface area contributed by atoms with E-state index in [-0.39, 0.29) is 0 Å². The Labute approximate surface area is 132 Å². The summed E-state index contributed by atoms with van der Waals surface area (Å²) < 4.78 is 12.6. The number of ether oxygens (including phenoxy) is 1. The average molecular weight is 306 g/mol. The van der Waals surface area contributed by atoms with Gasteiger partial charge < -0.3 is 14.5 Å². The number of furan rings is 1. The first kappa shape index (κ1) is 13.4. The molecule has 1 aromatic carbocycles. The van der Waals surface area contributed by atoms with E-state index in [9.17, 15) is 0 Å². The zero-order valence-corrected chi connectivity index (χ0v) is 12.4. The van der Waals surface area contributed by atoms with E-state index in [2.05, 4.69) is 15.3 Å². The molecule has 0 spiro atoms. The van der Waals surface area contributed by atoms with Crippen molar-refractivity contribution in [3.63, 3.8) is 0 Å². The Kier molecular flexibility index (Phi) is 3.20. The minimum absolute atomic E-state index is 0.699. The molecule has 0 fully saturated rings. The van der Waals surface area contributed by atoms with Gasteiger partial charge in [-0.25, -0.2) is 4.98 Å². The highest BCUT2D eigenvalue weighted by atomic mass is 16.5. The number of methoxy groups -OCH3 is 1. The van der Waals surface area contributed by atoms with E-state index in [4.69, 9.17) is 9.15 Å². The maximum Gasteiger partial charge on any atom is 0.157 e. The van der Waals surface area contributed by atoms with Gasteiger partial charge in [0.2, 0.25) is 0 Å². The summed E-state index contributed by atoms with van der Waals surface area (Å²) >= 11 is 0. The van der Waals surface area contributed by atoms with Crippen LogP contribution in [0.3, 0.4) is 0 Å². The molecule has 23 heavy (non-hydrogen) atoms. The topological polar surface area (TPSA) is 64.6 Å². The van der Waals surface area contributed by atoms with Crippen LogP contribution in [0.5, 0.6) is 5.75 Å². The van der Waals surface area contributed by atoms with Gasteiger partial charge in [0.15, 0.2) is 11.4 Å². The van der Waals surface area contributed by atoms with Crippen LogP contribution in [0.15, 0.2) is 65.7 Å². The van der Waals surface area contributed by atoms with Gasteiger partial charge >= 0.3 is 0 Å². The van der Waals surface area contributed by atoms with Gasteiger partial charge in [-0.1, -0.05) is 0 Å². The summed E-state index contributed by atoms with van der Waals surface area (Å²) in [5, 5.41) is 3.39. The van der Waals surface area contributed by atoms with Crippen molar-refractivity contribution in [3.05, 3.63) is 61.3 Å². The van der Waals surface area contributed by atoms with Crippen LogP contribution in [0, 0.1) is 0 Å². The van der Waals surface area contributed by atoms with Gasteiger partial charge in [0.25, 0.3) is 0 Å². The molecule has 0 aliphatic carbocycles. The third-order valence-electron chi connectivity index (χ3n) is 3.54. The van der Waals surface area contributed by atoms with Crippen LogP contribution in [-0.4, -0.2) is 21.5 Å². The molecule has 1 N–H and O–H groups in total. The molecule has 6 nitrogen and oxygen atoms in total. The Bertz CT molecular complexity index is 927. The minimum Gasteiger partial charge on any atom is -0.497 e. The summed E-state index contributed by atoms with van der Waals surface area (Å²) in [5.74, 6) is 2.33. The maximum absolute atomic E-state index is 5.51. The highest BCUT2D eigenvalue weighted by Crippen LogP contribution is 2.31. The van der Waals surface area contributed by atoms with Crippen molar-refractivity contribution in [1.29, 1.82) is 0 Å². The van der Waals surface area contributed by atoms with Gasteiger partial charge in [0, 0.05) is 18.1 Å². The minimum atomic E-state index is 0.699. The Morgan fingerprint density at radius 1 is 1.17 bits per heavy atom. The molecule has 0 aliphatic rings. The number of benzene rings is 1. The van der Waals surface area contributed by atoms with E-state index < -0.39 is 0 Å². The number of hydrogen-bond acceptors (Lipinski definition) is 5. The quantitative estimate of drug-likeness (QED) is 0.622. The molecular weight excluding hydrogens is 292 g/mol. The summed E-state index contributed by atoms with van der Waals surface area (Å²) in [4.78, 5) is 8.72. The van der Waals surface area contributed by atoms with Crippen molar-refractivity contribution < 1.29 is 9.15 Å². The predicted octanol–water partition coefficient (Wildman–Crippen LogP) is 3.74. The monoisotopic (exact) mass is 306 g/mol. The van der Waals surface area contributed by atoms with Gasteiger partial charge in [-0.3, -0.25) is 9.38 Å². The molecular formula is C17H14N4O2. The first-order valence-corrected chi connectivity index (χ1v) is 7.12. The largest absolute Gasteiger partial charge is 0.497 e. The first-order chi connectivity index (χ1) is 11.3. The van der Waals surface area contributed by atoms with Crippen molar-refractivity contribution in [2.24, 2.45) is 0 Å². The number of imidazole rings is 1. The summed E-state index contributed by atoms with van der Waals surface area (Å²) in [7, 11) is 1.65. The second-order valence-corrected chi connectivity index (χ2v) is 4.94. The number of nitrogens with zero attached hydrogens (tertiary/aromatic N) is 3. The number of anilines is 2. The summed E-state index contributed by atoms with van der Waals surface area (Å²) in [6.07, 6.45) is 6.93. The SMILES string of the molecule is COc1ccc(Nc2c(-c3ccco3)nc3cnccn23)cc1. The van der Waals surface area contributed by atoms with E-state index in [1.807, 2.05) is 47.0 Å². The van der Waals surface area contributed by atoms with Crippen LogP contribution in [0.1, 0.15) is 0 Å². The fourth-order valence-corrected chi connectivity index (χ4v) is 2.42. The van der Waals surface area contributed by atoms with Crippen molar-refractivity contribution in [2.45, 2.75) is 0 Å². The van der Waals surface area contributed by atoms with Crippen LogP contribution in [-0.2, 0) is 0 Å². The predicted molar refractivity (Wildman–Crippen MR) is 87.0 cm³/mol. The van der Waals surface area contributed by atoms with Crippen molar-refractivity contribution in [1.82, 2.24) is 14.4 Å². The third-order valence-corrected chi connectivity index (χ3v) is 3.54. The van der Waals surface area contributed by atoms with E-state index in [0.717, 1.165) is 28.6 Å². The standard InChI is InChI=1S/C17H14N4O2/c1-22-13-6-4-12(5-7-13)19-17-16(14-3-2-10-23-14)20-15-11-18-8-9-21(15)17/h2-11,19H,1H3. The average Bonchev–Trinajstić information content (AvgIpc) is 3.24. The first-order valence-electron chi connectivity index (χ1n) is 7.12. The molecule has 6 heteroatoms. The Morgan fingerprint density at radius 3 is 2.78 bits per heavy atom. The van der Waals surface area contributed by atoms with Crippen LogP contribution >= 0.6 is 0 Å². The lowest BCUT2D eigenvalue weighted by atomic mass is 10.3. The number of fused-ring (bicyclic) bond motifs is 1. The Hall–Kier alpha value is -3.28. The number of nitrogens with one attached hydrogen (secondary N) is 1. The molecule has 0 bridgehead atoms. The summed E-state index contributed by atoms with van der Waals surface area (Å²) in [5.41, 5.74) is 2.41. The molecule has 0 radical (unpaired) electrons. The van der Waals surface area contributed by atoms with Gasteiger partial charge in [-0.05, 0) is 36.4 Å². The normalized spacial score (nSPS) is 10.8. The molecule has 0 aliphatic heterocycles. The highest BCUT2D eigenvalue weighted by molar-refractivity contribution is 5.77. The number of hydrogen-bond donors (Lipinski definition) is 1. The Balaban J connectivity index is 1.82. The lowest BCUT2D eigenvalue weighted by Gasteiger charge is -2.08. The highest BCUT2D eigenvalue weighted by Gasteiger charge is 2.16. The second-order valence-electron chi connectivity index (χ2n) is 4.94. The molecule has 4 aromatic rings. The number of aromatic nitrogens is 3. The molecule has 0 amide bonds. The second kappa shape index (κ2) is 5.49. The lowest BCUT2D eigenvalue weighted by molar-refractivity contribution is 0.415. The van der Waals surface area contributed by atoms with Gasteiger partial charge in [-0.15, -0.1) is 0 Å². The van der Waals surface area contributed by atoms with Crippen molar-refractivity contribution in [2.75, 3.05) is 12.4 Å². The van der Waals surface area contributed by atoms with Crippen molar-refractivity contribution in [3.8, 4) is 17.2 Å². The van der Waals surface area contributed by atoms with Crippen LogP contribution in [0.25, 0.3) is 17.1 Å². The summed E-state index contributed by atoms with van der Waals surface area (Å²) in [6.45, 7) is 0. The third kappa shape index (κ3) is 2.40.